The van der Waals surface area contributed by atoms with E-state index < -0.39 is 10.9 Å². The van der Waals surface area contributed by atoms with Crippen molar-refractivity contribution in [3.8, 4) is 0 Å². The van der Waals surface area contributed by atoms with Gasteiger partial charge in [0.05, 0.1) is 17.6 Å². The number of rotatable bonds is 4. The van der Waals surface area contributed by atoms with Gasteiger partial charge in [-0.2, -0.15) is 0 Å². The number of nitro benzene ring substituents is 1. The molecule has 0 N–H and O–H groups in total. The number of carbonyl (C=O) groups is 2. The molecule has 1 amide bonds. The van der Waals surface area contributed by atoms with Crippen LogP contribution in [0.4, 0.5) is 11.4 Å². The van der Waals surface area contributed by atoms with E-state index in [1.165, 1.54) is 19.2 Å². The Morgan fingerprint density at radius 3 is 2.26 bits per heavy atom. The number of nitro groups is 1. The minimum absolute atomic E-state index is 0.0502. The fourth-order valence-corrected chi connectivity index (χ4v) is 3.10. The summed E-state index contributed by atoms with van der Waals surface area (Å²) in [7, 11) is 1.23. The molecule has 0 atom stereocenters. The number of carbonyl (C=O) groups excluding carboxylic acids is 2. The summed E-state index contributed by atoms with van der Waals surface area (Å²) >= 11 is 0. The Balaban J connectivity index is 1.75. The molecule has 140 valence electrons. The standard InChI is InChI=1S/C19H19N3O5/c1-27-19(24)15-7-8-16(17(13-15)22(25)26)20-9-11-21(12-10-20)18(23)14-5-3-2-4-6-14/h2-8,13H,9-12H2,1H3. The highest BCUT2D eigenvalue weighted by atomic mass is 16.6. The largest absolute Gasteiger partial charge is 0.465 e. The van der Waals surface area contributed by atoms with Crippen LogP contribution in [0.15, 0.2) is 48.5 Å². The lowest BCUT2D eigenvalue weighted by atomic mass is 10.1. The van der Waals surface area contributed by atoms with E-state index in [2.05, 4.69) is 4.74 Å². The van der Waals surface area contributed by atoms with Gasteiger partial charge < -0.3 is 14.5 Å². The van der Waals surface area contributed by atoms with Gasteiger partial charge in [0.25, 0.3) is 11.6 Å². The van der Waals surface area contributed by atoms with Gasteiger partial charge in [-0.1, -0.05) is 18.2 Å². The fourth-order valence-electron chi connectivity index (χ4n) is 3.10. The summed E-state index contributed by atoms with van der Waals surface area (Å²) in [6.45, 7) is 1.86. The highest BCUT2D eigenvalue weighted by molar-refractivity contribution is 5.94. The van der Waals surface area contributed by atoms with Crippen molar-refractivity contribution in [1.29, 1.82) is 0 Å². The maximum absolute atomic E-state index is 12.5. The zero-order valence-electron chi connectivity index (χ0n) is 14.8. The zero-order chi connectivity index (χ0) is 19.4. The minimum Gasteiger partial charge on any atom is -0.465 e. The summed E-state index contributed by atoms with van der Waals surface area (Å²) in [5.41, 5.74) is 1.03. The molecule has 2 aromatic carbocycles. The van der Waals surface area contributed by atoms with E-state index in [1.807, 2.05) is 23.1 Å². The van der Waals surface area contributed by atoms with Crippen molar-refractivity contribution in [1.82, 2.24) is 4.90 Å². The number of piperazine rings is 1. The SMILES string of the molecule is COC(=O)c1ccc(N2CCN(C(=O)c3ccccc3)CC2)c([N+](=O)[O-])c1. The topological polar surface area (TPSA) is 93.0 Å². The number of nitrogens with zero attached hydrogens (tertiary/aromatic N) is 3. The molecule has 2 aromatic rings. The summed E-state index contributed by atoms with van der Waals surface area (Å²) in [5.74, 6) is -0.672. The molecule has 1 aliphatic rings. The van der Waals surface area contributed by atoms with Crippen LogP contribution in [0.5, 0.6) is 0 Å². The quantitative estimate of drug-likeness (QED) is 0.467. The normalized spacial score (nSPS) is 14.0. The average Bonchev–Trinajstić information content (AvgIpc) is 2.73. The van der Waals surface area contributed by atoms with Crippen LogP contribution in [-0.2, 0) is 4.74 Å². The van der Waals surface area contributed by atoms with E-state index in [4.69, 9.17) is 0 Å². The van der Waals surface area contributed by atoms with Crippen LogP contribution in [-0.4, -0.2) is 55.0 Å². The highest BCUT2D eigenvalue weighted by Crippen LogP contribution is 2.30. The Kier molecular flexibility index (Phi) is 5.35. The molecule has 0 radical (unpaired) electrons. The van der Waals surface area contributed by atoms with Gasteiger partial charge in [0.1, 0.15) is 5.69 Å². The maximum atomic E-state index is 12.5. The van der Waals surface area contributed by atoms with Gasteiger partial charge in [-0.3, -0.25) is 14.9 Å². The van der Waals surface area contributed by atoms with E-state index in [1.54, 1.807) is 23.1 Å². The van der Waals surface area contributed by atoms with Crippen LogP contribution in [0.25, 0.3) is 0 Å². The number of amides is 1. The minimum atomic E-state index is -0.622. The molecule has 1 aliphatic heterocycles. The highest BCUT2D eigenvalue weighted by Gasteiger charge is 2.27. The molecule has 8 heteroatoms. The van der Waals surface area contributed by atoms with Crippen LogP contribution in [0, 0.1) is 10.1 Å². The Morgan fingerprint density at radius 1 is 1.00 bits per heavy atom. The fraction of sp³-hybridized carbons (Fsp3) is 0.263. The van der Waals surface area contributed by atoms with Crippen LogP contribution in [0.2, 0.25) is 0 Å². The van der Waals surface area contributed by atoms with Crippen molar-refractivity contribution in [2.75, 3.05) is 38.2 Å². The lowest BCUT2D eigenvalue weighted by Gasteiger charge is -2.35. The van der Waals surface area contributed by atoms with E-state index in [0.29, 0.717) is 37.4 Å². The van der Waals surface area contributed by atoms with E-state index >= 15 is 0 Å². The van der Waals surface area contributed by atoms with Gasteiger partial charge in [-0.05, 0) is 24.3 Å². The molecular weight excluding hydrogens is 350 g/mol. The molecule has 0 aliphatic carbocycles. The molecule has 1 heterocycles. The number of hydrogen-bond donors (Lipinski definition) is 0. The molecule has 8 nitrogen and oxygen atoms in total. The van der Waals surface area contributed by atoms with Crippen molar-refractivity contribution in [2.24, 2.45) is 0 Å². The van der Waals surface area contributed by atoms with Crippen molar-refractivity contribution >= 4 is 23.3 Å². The van der Waals surface area contributed by atoms with Gasteiger partial charge in [0, 0.05) is 37.8 Å². The first-order valence-electron chi connectivity index (χ1n) is 8.47. The number of benzene rings is 2. The van der Waals surface area contributed by atoms with E-state index in [-0.39, 0.29) is 17.2 Å². The summed E-state index contributed by atoms with van der Waals surface area (Å²) in [6.07, 6.45) is 0. The first-order chi connectivity index (χ1) is 13.0. The van der Waals surface area contributed by atoms with Crippen molar-refractivity contribution < 1.29 is 19.2 Å². The number of ether oxygens (including phenoxy) is 1. The third kappa shape index (κ3) is 3.89. The second-order valence-electron chi connectivity index (χ2n) is 6.10. The number of anilines is 1. The smallest absolute Gasteiger partial charge is 0.338 e. The summed E-state index contributed by atoms with van der Waals surface area (Å²) in [6, 6.07) is 13.3. The third-order valence-corrected chi connectivity index (χ3v) is 4.52. The van der Waals surface area contributed by atoms with Crippen LogP contribution < -0.4 is 4.90 Å². The van der Waals surface area contributed by atoms with Gasteiger partial charge in [-0.25, -0.2) is 4.79 Å². The van der Waals surface area contributed by atoms with Crippen LogP contribution >= 0.6 is 0 Å². The summed E-state index contributed by atoms with van der Waals surface area (Å²) in [5, 5.41) is 11.4. The molecule has 1 fully saturated rings. The van der Waals surface area contributed by atoms with Gasteiger partial charge in [0.2, 0.25) is 0 Å². The summed E-state index contributed by atoms with van der Waals surface area (Å²) in [4.78, 5) is 38.7. The molecule has 27 heavy (non-hydrogen) atoms. The lowest BCUT2D eigenvalue weighted by molar-refractivity contribution is -0.384. The second kappa shape index (κ2) is 7.86. The average molecular weight is 369 g/mol. The predicted molar refractivity (Wildman–Crippen MR) is 99.0 cm³/mol. The molecule has 0 spiro atoms. The molecule has 1 saturated heterocycles. The van der Waals surface area contributed by atoms with Crippen molar-refractivity contribution in [3.05, 3.63) is 69.8 Å². The zero-order valence-corrected chi connectivity index (χ0v) is 14.8. The van der Waals surface area contributed by atoms with E-state index in [9.17, 15) is 19.7 Å². The van der Waals surface area contributed by atoms with Gasteiger partial charge in [-0.15, -0.1) is 0 Å². The Labute approximate surface area is 156 Å². The first-order valence-corrected chi connectivity index (χ1v) is 8.47. The molecular formula is C19H19N3O5. The monoisotopic (exact) mass is 369 g/mol. The number of hydrogen-bond acceptors (Lipinski definition) is 6. The molecule has 0 saturated carbocycles. The molecule has 3 rings (SSSR count). The lowest BCUT2D eigenvalue weighted by Crippen LogP contribution is -2.49. The molecule has 0 aromatic heterocycles. The predicted octanol–water partition coefficient (Wildman–Crippen LogP) is 2.34. The van der Waals surface area contributed by atoms with Gasteiger partial charge >= 0.3 is 5.97 Å². The van der Waals surface area contributed by atoms with Crippen molar-refractivity contribution in [3.63, 3.8) is 0 Å². The van der Waals surface area contributed by atoms with Crippen LogP contribution in [0.3, 0.4) is 0 Å². The van der Waals surface area contributed by atoms with E-state index in [0.717, 1.165) is 0 Å². The third-order valence-electron chi connectivity index (χ3n) is 4.52. The Bertz CT molecular complexity index is 861. The van der Waals surface area contributed by atoms with Crippen molar-refractivity contribution in [2.45, 2.75) is 0 Å². The first kappa shape index (κ1) is 18.4. The number of methoxy groups -OCH3 is 1. The van der Waals surface area contributed by atoms with Gasteiger partial charge in [0.15, 0.2) is 0 Å². The maximum Gasteiger partial charge on any atom is 0.338 e. The van der Waals surface area contributed by atoms with Crippen LogP contribution in [0.1, 0.15) is 20.7 Å². The Hall–Kier alpha value is -3.42. The summed E-state index contributed by atoms with van der Waals surface area (Å²) < 4.78 is 4.62. The molecule has 0 bridgehead atoms. The molecule has 0 unspecified atom stereocenters. The Morgan fingerprint density at radius 2 is 1.67 bits per heavy atom. The number of esters is 1. The second-order valence-corrected chi connectivity index (χ2v) is 6.10.